The molecule has 0 spiro atoms. The lowest BCUT2D eigenvalue weighted by Crippen LogP contribution is -2.47. The van der Waals surface area contributed by atoms with E-state index >= 15 is 0 Å². The SMILES string of the molecule is CCCNc1ncnc(NC2CCC(=O)NC2=O)c1OC. The molecule has 3 N–H and O–H groups in total. The van der Waals surface area contributed by atoms with Crippen LogP contribution in [0.3, 0.4) is 0 Å². The van der Waals surface area contributed by atoms with Gasteiger partial charge in [0, 0.05) is 13.0 Å². The first-order chi connectivity index (χ1) is 10.2. The number of hydrogen-bond acceptors (Lipinski definition) is 7. The molecule has 1 fully saturated rings. The highest BCUT2D eigenvalue weighted by Gasteiger charge is 2.28. The van der Waals surface area contributed by atoms with Crippen molar-refractivity contribution in [1.29, 1.82) is 0 Å². The van der Waals surface area contributed by atoms with E-state index in [1.165, 1.54) is 13.4 Å². The molecule has 0 radical (unpaired) electrons. The monoisotopic (exact) mass is 293 g/mol. The van der Waals surface area contributed by atoms with Gasteiger partial charge in [-0.1, -0.05) is 6.92 Å². The standard InChI is InChI=1S/C13H19N5O3/c1-3-6-14-11-10(21-2)12(16-7-15-11)17-8-4-5-9(19)18-13(8)20/h7-8H,3-6H2,1-2H3,(H,18,19,20)(H2,14,15,16,17). The number of imide groups is 1. The summed E-state index contributed by atoms with van der Waals surface area (Å²) in [5.74, 6) is 0.855. The van der Waals surface area contributed by atoms with Gasteiger partial charge in [0.2, 0.25) is 17.6 Å². The van der Waals surface area contributed by atoms with Crippen LogP contribution in [0, 0.1) is 0 Å². The van der Waals surface area contributed by atoms with Crippen molar-refractivity contribution in [3.63, 3.8) is 0 Å². The maximum absolute atomic E-state index is 11.8. The zero-order valence-corrected chi connectivity index (χ0v) is 12.1. The fourth-order valence-electron chi connectivity index (χ4n) is 2.04. The Kier molecular flexibility index (Phi) is 4.91. The van der Waals surface area contributed by atoms with E-state index in [1.807, 2.05) is 6.92 Å². The van der Waals surface area contributed by atoms with Crippen molar-refractivity contribution < 1.29 is 14.3 Å². The first-order valence-electron chi connectivity index (χ1n) is 6.88. The van der Waals surface area contributed by atoms with Crippen LogP contribution in [-0.2, 0) is 9.59 Å². The van der Waals surface area contributed by atoms with Gasteiger partial charge in [0.15, 0.2) is 11.6 Å². The summed E-state index contributed by atoms with van der Waals surface area (Å²) in [5, 5.41) is 8.44. The van der Waals surface area contributed by atoms with Crippen molar-refractivity contribution in [1.82, 2.24) is 15.3 Å². The number of rotatable bonds is 6. The minimum atomic E-state index is -0.509. The largest absolute Gasteiger partial charge is 0.490 e. The summed E-state index contributed by atoms with van der Waals surface area (Å²) in [6.07, 6.45) is 3.07. The molecule has 0 bridgehead atoms. The van der Waals surface area contributed by atoms with E-state index in [0.29, 0.717) is 30.2 Å². The van der Waals surface area contributed by atoms with Crippen molar-refractivity contribution in [3.8, 4) is 5.75 Å². The Labute approximate surface area is 122 Å². The highest BCUT2D eigenvalue weighted by atomic mass is 16.5. The fourth-order valence-corrected chi connectivity index (χ4v) is 2.04. The van der Waals surface area contributed by atoms with Crippen molar-refractivity contribution in [2.24, 2.45) is 0 Å². The number of carbonyl (C=O) groups is 2. The van der Waals surface area contributed by atoms with Gasteiger partial charge >= 0.3 is 0 Å². The number of methoxy groups -OCH3 is 1. The minimum Gasteiger partial charge on any atom is -0.490 e. The van der Waals surface area contributed by atoms with Gasteiger partial charge < -0.3 is 15.4 Å². The Balaban J connectivity index is 2.15. The van der Waals surface area contributed by atoms with Crippen LogP contribution in [0.15, 0.2) is 6.33 Å². The number of aromatic nitrogens is 2. The zero-order valence-electron chi connectivity index (χ0n) is 12.1. The topological polar surface area (TPSA) is 105 Å². The van der Waals surface area contributed by atoms with Crippen molar-refractivity contribution in [2.45, 2.75) is 32.2 Å². The highest BCUT2D eigenvalue weighted by molar-refractivity contribution is 6.01. The third-order valence-corrected chi connectivity index (χ3v) is 3.10. The van der Waals surface area contributed by atoms with E-state index in [0.717, 1.165) is 13.0 Å². The summed E-state index contributed by atoms with van der Waals surface area (Å²) in [7, 11) is 1.52. The third-order valence-electron chi connectivity index (χ3n) is 3.10. The second-order valence-corrected chi connectivity index (χ2v) is 4.68. The number of piperidine rings is 1. The molecule has 0 aromatic carbocycles. The summed E-state index contributed by atoms with van der Waals surface area (Å²) >= 11 is 0. The van der Waals surface area contributed by atoms with Gasteiger partial charge in [-0.2, -0.15) is 0 Å². The molecule has 1 aromatic heterocycles. The number of carbonyl (C=O) groups excluding carboxylic acids is 2. The lowest BCUT2D eigenvalue weighted by Gasteiger charge is -2.23. The van der Waals surface area contributed by atoms with Crippen LogP contribution in [0.5, 0.6) is 5.75 Å². The van der Waals surface area contributed by atoms with Crippen LogP contribution in [0.25, 0.3) is 0 Å². The van der Waals surface area contributed by atoms with E-state index in [4.69, 9.17) is 4.74 Å². The smallest absolute Gasteiger partial charge is 0.249 e. The molecule has 1 unspecified atom stereocenters. The molecule has 8 heteroatoms. The fraction of sp³-hybridized carbons (Fsp3) is 0.538. The van der Waals surface area contributed by atoms with E-state index in [-0.39, 0.29) is 11.8 Å². The Bertz CT molecular complexity index is 535. The van der Waals surface area contributed by atoms with E-state index in [2.05, 4.69) is 25.9 Å². The van der Waals surface area contributed by atoms with E-state index in [1.54, 1.807) is 0 Å². The number of amides is 2. The molecule has 2 heterocycles. The van der Waals surface area contributed by atoms with Gasteiger partial charge in [0.25, 0.3) is 0 Å². The molecule has 1 aliphatic rings. The summed E-state index contributed by atoms with van der Waals surface area (Å²) in [4.78, 5) is 31.2. The number of hydrogen-bond donors (Lipinski definition) is 3. The molecule has 1 saturated heterocycles. The maximum Gasteiger partial charge on any atom is 0.249 e. The molecular weight excluding hydrogens is 274 g/mol. The lowest BCUT2D eigenvalue weighted by atomic mass is 10.1. The molecule has 0 aliphatic carbocycles. The van der Waals surface area contributed by atoms with Gasteiger partial charge in [-0.05, 0) is 12.8 Å². The summed E-state index contributed by atoms with van der Waals surface area (Å²) in [6, 6.07) is -0.509. The molecule has 1 aliphatic heterocycles. The zero-order chi connectivity index (χ0) is 15.2. The molecule has 0 saturated carbocycles. The van der Waals surface area contributed by atoms with Crippen molar-refractivity contribution in [2.75, 3.05) is 24.3 Å². The third kappa shape index (κ3) is 3.59. The van der Waals surface area contributed by atoms with Crippen molar-refractivity contribution >= 4 is 23.5 Å². The molecule has 8 nitrogen and oxygen atoms in total. The Morgan fingerprint density at radius 2 is 2.14 bits per heavy atom. The maximum atomic E-state index is 11.8. The molecule has 2 amide bonds. The number of ether oxygens (including phenoxy) is 1. The van der Waals surface area contributed by atoms with Gasteiger partial charge in [-0.25, -0.2) is 9.97 Å². The van der Waals surface area contributed by atoms with Gasteiger partial charge in [-0.3, -0.25) is 14.9 Å². The predicted octanol–water partition coefficient (Wildman–Crippen LogP) is 0.524. The second-order valence-electron chi connectivity index (χ2n) is 4.68. The molecule has 114 valence electrons. The lowest BCUT2D eigenvalue weighted by molar-refractivity contribution is -0.133. The first kappa shape index (κ1) is 15.0. The number of nitrogens with one attached hydrogen (secondary N) is 3. The number of nitrogens with zero attached hydrogens (tertiary/aromatic N) is 2. The van der Waals surface area contributed by atoms with Crippen LogP contribution in [0.1, 0.15) is 26.2 Å². The number of anilines is 2. The normalized spacial score (nSPS) is 18.1. The van der Waals surface area contributed by atoms with E-state index < -0.39 is 6.04 Å². The summed E-state index contributed by atoms with van der Waals surface area (Å²) in [5.41, 5.74) is 0. The highest BCUT2D eigenvalue weighted by Crippen LogP contribution is 2.30. The molecular formula is C13H19N5O3. The Morgan fingerprint density at radius 3 is 2.81 bits per heavy atom. The average Bonchev–Trinajstić information content (AvgIpc) is 2.48. The van der Waals surface area contributed by atoms with Crippen LogP contribution in [0.2, 0.25) is 0 Å². The van der Waals surface area contributed by atoms with Crippen LogP contribution >= 0.6 is 0 Å². The minimum absolute atomic E-state index is 0.252. The molecule has 1 atom stereocenters. The molecule has 1 aromatic rings. The molecule has 21 heavy (non-hydrogen) atoms. The van der Waals surface area contributed by atoms with Crippen LogP contribution in [0.4, 0.5) is 11.6 Å². The predicted molar refractivity (Wildman–Crippen MR) is 77.2 cm³/mol. The molecule has 2 rings (SSSR count). The van der Waals surface area contributed by atoms with Gasteiger partial charge in [-0.15, -0.1) is 0 Å². The second kappa shape index (κ2) is 6.87. The van der Waals surface area contributed by atoms with E-state index in [9.17, 15) is 9.59 Å². The van der Waals surface area contributed by atoms with Crippen LogP contribution < -0.4 is 20.7 Å². The summed E-state index contributed by atoms with van der Waals surface area (Å²) in [6.45, 7) is 2.80. The Morgan fingerprint density at radius 1 is 1.38 bits per heavy atom. The van der Waals surface area contributed by atoms with Crippen molar-refractivity contribution in [3.05, 3.63) is 6.33 Å². The summed E-state index contributed by atoms with van der Waals surface area (Å²) < 4.78 is 5.32. The van der Waals surface area contributed by atoms with Gasteiger partial charge in [0.1, 0.15) is 12.4 Å². The average molecular weight is 293 g/mol. The van der Waals surface area contributed by atoms with Crippen LogP contribution in [-0.4, -0.2) is 41.5 Å². The first-order valence-corrected chi connectivity index (χ1v) is 6.88. The Hall–Kier alpha value is -2.38. The van der Waals surface area contributed by atoms with Gasteiger partial charge in [0.05, 0.1) is 7.11 Å². The quantitative estimate of drug-likeness (QED) is 0.657.